The quantitative estimate of drug-likeness (QED) is 0.748. The van der Waals surface area contributed by atoms with E-state index in [4.69, 9.17) is 10.5 Å². The van der Waals surface area contributed by atoms with Crippen LogP contribution in [0.4, 0.5) is 0 Å². The van der Waals surface area contributed by atoms with Crippen molar-refractivity contribution in [2.75, 3.05) is 20.3 Å². The molecule has 1 saturated carbocycles. The molecule has 2 N–H and O–H groups in total. The fourth-order valence-corrected chi connectivity index (χ4v) is 3.34. The highest BCUT2D eigenvalue weighted by molar-refractivity contribution is 5.99. The van der Waals surface area contributed by atoms with Crippen LogP contribution in [0.15, 0.2) is 0 Å². The Kier molecular flexibility index (Phi) is 4.02. The maximum absolute atomic E-state index is 12.2. The zero-order valence-electron chi connectivity index (χ0n) is 11.0. The van der Waals surface area contributed by atoms with Crippen LogP contribution in [0.5, 0.6) is 0 Å². The lowest BCUT2D eigenvalue weighted by Crippen LogP contribution is -2.55. The first-order valence-corrected chi connectivity index (χ1v) is 6.66. The van der Waals surface area contributed by atoms with Gasteiger partial charge in [-0.25, -0.2) is 0 Å². The van der Waals surface area contributed by atoms with Crippen molar-refractivity contribution in [3.63, 3.8) is 0 Å². The van der Waals surface area contributed by atoms with E-state index < -0.39 is 0 Å². The van der Waals surface area contributed by atoms with E-state index in [1.165, 1.54) is 4.90 Å². The van der Waals surface area contributed by atoms with Gasteiger partial charge in [-0.1, -0.05) is 12.8 Å². The van der Waals surface area contributed by atoms with E-state index in [0.717, 1.165) is 25.7 Å². The van der Waals surface area contributed by atoms with Gasteiger partial charge in [0.1, 0.15) is 0 Å². The minimum atomic E-state index is -0.311. The number of methoxy groups -OCH3 is 1. The third-order valence-corrected chi connectivity index (χ3v) is 4.25. The number of hydrogen-bond donors (Lipinski definition) is 1. The Labute approximate surface area is 108 Å². The van der Waals surface area contributed by atoms with Gasteiger partial charge >= 0.3 is 0 Å². The summed E-state index contributed by atoms with van der Waals surface area (Å²) in [5.41, 5.74) is 5.59. The minimum Gasteiger partial charge on any atom is -0.382 e. The highest BCUT2D eigenvalue weighted by atomic mass is 16.5. The summed E-state index contributed by atoms with van der Waals surface area (Å²) < 4.78 is 5.04. The summed E-state index contributed by atoms with van der Waals surface area (Å²) in [6.45, 7) is 0.583. The summed E-state index contributed by atoms with van der Waals surface area (Å²) in [7, 11) is 1.56. The van der Waals surface area contributed by atoms with Gasteiger partial charge in [0.25, 0.3) is 0 Å². The van der Waals surface area contributed by atoms with Crippen LogP contribution in [0.25, 0.3) is 0 Å². The molecule has 0 aromatic rings. The van der Waals surface area contributed by atoms with E-state index in [0.29, 0.717) is 19.4 Å². The standard InChI is InChI=1S/C13H22N2O3/c1-18-9-10(8-14)15-11(16)6-13(7-12(15)17)4-2-3-5-13/h10H,2-9,14H2,1H3. The Morgan fingerprint density at radius 3 is 2.28 bits per heavy atom. The van der Waals surface area contributed by atoms with Crippen LogP contribution in [0.2, 0.25) is 0 Å². The van der Waals surface area contributed by atoms with Crippen LogP contribution >= 0.6 is 0 Å². The van der Waals surface area contributed by atoms with Crippen LogP contribution < -0.4 is 5.73 Å². The van der Waals surface area contributed by atoms with Crippen LogP contribution in [0.1, 0.15) is 38.5 Å². The number of rotatable bonds is 4. The van der Waals surface area contributed by atoms with Crippen molar-refractivity contribution >= 4 is 11.8 Å². The molecular weight excluding hydrogens is 232 g/mol. The van der Waals surface area contributed by atoms with E-state index in [1.807, 2.05) is 0 Å². The summed E-state index contributed by atoms with van der Waals surface area (Å²) in [6.07, 6.45) is 5.29. The Morgan fingerprint density at radius 1 is 1.28 bits per heavy atom. The molecule has 5 heteroatoms. The van der Waals surface area contributed by atoms with Crippen LogP contribution in [-0.2, 0) is 14.3 Å². The van der Waals surface area contributed by atoms with E-state index in [9.17, 15) is 9.59 Å². The van der Waals surface area contributed by atoms with Gasteiger partial charge in [-0.2, -0.15) is 0 Å². The number of piperidine rings is 1. The van der Waals surface area contributed by atoms with E-state index in [-0.39, 0.29) is 29.8 Å². The van der Waals surface area contributed by atoms with Crippen molar-refractivity contribution in [2.24, 2.45) is 11.1 Å². The molecule has 1 heterocycles. The predicted molar refractivity (Wildman–Crippen MR) is 66.7 cm³/mol. The summed E-state index contributed by atoms with van der Waals surface area (Å²) in [5.74, 6) is -0.138. The van der Waals surface area contributed by atoms with Crippen molar-refractivity contribution in [3.05, 3.63) is 0 Å². The van der Waals surface area contributed by atoms with Crippen LogP contribution in [0, 0.1) is 5.41 Å². The van der Waals surface area contributed by atoms with Crippen molar-refractivity contribution in [3.8, 4) is 0 Å². The summed E-state index contributed by atoms with van der Waals surface area (Å²) in [4.78, 5) is 25.8. The molecule has 1 saturated heterocycles. The maximum atomic E-state index is 12.2. The van der Waals surface area contributed by atoms with Gasteiger partial charge in [-0.05, 0) is 18.3 Å². The third kappa shape index (κ3) is 2.42. The lowest BCUT2D eigenvalue weighted by atomic mass is 9.76. The largest absolute Gasteiger partial charge is 0.382 e. The number of hydrogen-bond acceptors (Lipinski definition) is 4. The zero-order chi connectivity index (χ0) is 13.2. The Morgan fingerprint density at radius 2 is 1.83 bits per heavy atom. The number of carbonyl (C=O) groups excluding carboxylic acids is 2. The molecule has 1 atom stereocenters. The van der Waals surface area contributed by atoms with Crippen molar-refractivity contribution in [1.29, 1.82) is 0 Å². The second-order valence-corrected chi connectivity index (χ2v) is 5.56. The van der Waals surface area contributed by atoms with E-state index in [2.05, 4.69) is 0 Å². The average Bonchev–Trinajstić information content (AvgIpc) is 2.74. The van der Waals surface area contributed by atoms with Gasteiger partial charge in [-0.3, -0.25) is 14.5 Å². The first kappa shape index (κ1) is 13.5. The maximum Gasteiger partial charge on any atom is 0.230 e. The number of nitrogens with zero attached hydrogens (tertiary/aromatic N) is 1. The smallest absolute Gasteiger partial charge is 0.230 e. The molecule has 0 radical (unpaired) electrons. The van der Waals surface area contributed by atoms with Gasteiger partial charge < -0.3 is 10.5 Å². The Balaban J connectivity index is 2.10. The minimum absolute atomic E-state index is 0.0448. The summed E-state index contributed by atoms with van der Waals surface area (Å²) >= 11 is 0. The van der Waals surface area contributed by atoms with Crippen molar-refractivity contribution < 1.29 is 14.3 Å². The van der Waals surface area contributed by atoms with Crippen molar-refractivity contribution in [2.45, 2.75) is 44.6 Å². The molecule has 2 aliphatic rings. The molecule has 1 aliphatic carbocycles. The SMILES string of the molecule is COCC(CN)N1C(=O)CC2(CCCC2)CC1=O. The molecule has 2 amide bonds. The number of amides is 2. The molecule has 0 bridgehead atoms. The Hall–Kier alpha value is -0.940. The molecular formula is C13H22N2O3. The number of imide groups is 1. The second kappa shape index (κ2) is 5.36. The lowest BCUT2D eigenvalue weighted by molar-refractivity contribution is -0.157. The third-order valence-electron chi connectivity index (χ3n) is 4.25. The lowest BCUT2D eigenvalue weighted by Gasteiger charge is -2.40. The highest BCUT2D eigenvalue weighted by Gasteiger charge is 2.46. The monoisotopic (exact) mass is 254 g/mol. The molecule has 2 fully saturated rings. The molecule has 5 nitrogen and oxygen atoms in total. The fourth-order valence-electron chi connectivity index (χ4n) is 3.34. The number of carbonyl (C=O) groups is 2. The molecule has 0 aromatic carbocycles. The Bertz CT molecular complexity index is 317. The van der Waals surface area contributed by atoms with E-state index >= 15 is 0 Å². The second-order valence-electron chi connectivity index (χ2n) is 5.56. The van der Waals surface area contributed by atoms with Gasteiger partial charge in [-0.15, -0.1) is 0 Å². The first-order chi connectivity index (χ1) is 8.62. The molecule has 1 aliphatic heterocycles. The topological polar surface area (TPSA) is 72.6 Å². The molecule has 1 spiro atoms. The highest BCUT2D eigenvalue weighted by Crippen LogP contribution is 2.47. The van der Waals surface area contributed by atoms with Gasteiger partial charge in [0, 0.05) is 26.5 Å². The molecule has 1 unspecified atom stereocenters. The number of likely N-dealkylation sites (tertiary alicyclic amines) is 1. The van der Waals surface area contributed by atoms with Gasteiger partial charge in [0.05, 0.1) is 12.6 Å². The van der Waals surface area contributed by atoms with E-state index in [1.54, 1.807) is 7.11 Å². The molecule has 18 heavy (non-hydrogen) atoms. The number of ether oxygens (including phenoxy) is 1. The molecule has 102 valence electrons. The normalized spacial score (nSPS) is 24.9. The van der Waals surface area contributed by atoms with Crippen LogP contribution in [0.3, 0.4) is 0 Å². The van der Waals surface area contributed by atoms with Crippen LogP contribution in [-0.4, -0.2) is 43.0 Å². The van der Waals surface area contributed by atoms with Gasteiger partial charge in [0.15, 0.2) is 0 Å². The fraction of sp³-hybridized carbons (Fsp3) is 0.846. The van der Waals surface area contributed by atoms with Crippen molar-refractivity contribution in [1.82, 2.24) is 4.90 Å². The zero-order valence-corrected chi connectivity index (χ0v) is 11.0. The average molecular weight is 254 g/mol. The predicted octanol–water partition coefficient (Wildman–Crippen LogP) is 0.669. The number of nitrogens with two attached hydrogens (primary N) is 1. The van der Waals surface area contributed by atoms with Gasteiger partial charge in [0.2, 0.25) is 11.8 Å². The molecule has 2 rings (SSSR count). The molecule has 0 aromatic heterocycles. The summed E-state index contributed by atoms with van der Waals surface area (Å²) in [5, 5.41) is 0. The summed E-state index contributed by atoms with van der Waals surface area (Å²) in [6, 6.07) is -0.311. The first-order valence-electron chi connectivity index (χ1n) is 6.66.